The second-order valence-corrected chi connectivity index (χ2v) is 11.0. The molecule has 5 N–H and O–H groups in total. The van der Waals surface area contributed by atoms with Crippen LogP contribution >= 0.6 is 0 Å². The number of fused-ring (bicyclic) bond motifs is 6. The molecule has 0 amide bonds. The number of hydrogen-bond acceptors (Lipinski definition) is 9. The Labute approximate surface area is 206 Å². The van der Waals surface area contributed by atoms with E-state index < -0.39 is 54.3 Å². The summed E-state index contributed by atoms with van der Waals surface area (Å²) in [4.78, 5) is 12.6. The van der Waals surface area contributed by atoms with Crippen molar-refractivity contribution in [3.8, 4) is 0 Å². The Morgan fingerprint density at radius 1 is 0.857 bits per heavy atom. The van der Waals surface area contributed by atoms with Gasteiger partial charge >= 0.3 is 5.97 Å². The summed E-state index contributed by atoms with van der Waals surface area (Å²) in [6.45, 7) is 4.12. The maximum Gasteiger partial charge on any atom is 0.344 e. The molecule has 0 aromatic carbocycles. The van der Waals surface area contributed by atoms with Crippen LogP contribution in [-0.2, 0) is 19.0 Å². The average molecular weight is 497 g/mol. The number of aliphatic hydroxyl groups is 5. The molecule has 0 aromatic rings. The number of ether oxygens (including phenoxy) is 3. The van der Waals surface area contributed by atoms with Crippen molar-refractivity contribution in [3.05, 3.63) is 24.3 Å². The average Bonchev–Trinajstić information content (AvgIpc) is 3.25. The Morgan fingerprint density at radius 2 is 1.57 bits per heavy atom. The molecule has 0 aromatic heterocycles. The van der Waals surface area contributed by atoms with Gasteiger partial charge in [0.2, 0.25) is 5.60 Å². The zero-order valence-electron chi connectivity index (χ0n) is 20.5. The quantitative estimate of drug-likeness (QED) is 0.307. The highest BCUT2D eigenvalue weighted by molar-refractivity contribution is 5.83. The molecule has 0 unspecified atom stereocenters. The minimum Gasteiger partial charge on any atom is -0.457 e. The van der Waals surface area contributed by atoms with Crippen LogP contribution in [0.4, 0.5) is 0 Å². The summed E-state index contributed by atoms with van der Waals surface area (Å²) in [6, 6.07) is 0. The van der Waals surface area contributed by atoms with Crippen LogP contribution in [0.1, 0.15) is 58.8 Å². The fourth-order valence-electron chi connectivity index (χ4n) is 5.93. The Balaban J connectivity index is 1.55. The molecule has 0 saturated carbocycles. The fraction of sp³-hybridized carbons (Fsp3) is 0.808. The molecule has 12 atom stereocenters. The monoisotopic (exact) mass is 496 g/mol. The Bertz CT molecular complexity index is 800. The molecule has 4 aliphatic rings. The number of esters is 1. The molecule has 9 heteroatoms. The van der Waals surface area contributed by atoms with Crippen LogP contribution in [0.25, 0.3) is 0 Å². The van der Waals surface area contributed by atoms with Gasteiger partial charge in [-0.25, -0.2) is 4.79 Å². The highest BCUT2D eigenvalue weighted by atomic mass is 16.6. The molecule has 4 rings (SSSR count). The first-order valence-electron chi connectivity index (χ1n) is 12.9. The summed E-state index contributed by atoms with van der Waals surface area (Å²) in [6.07, 6.45) is 2.93. The molecular formula is C26H40O9. The van der Waals surface area contributed by atoms with Crippen molar-refractivity contribution in [2.24, 2.45) is 11.8 Å². The van der Waals surface area contributed by atoms with Crippen LogP contribution < -0.4 is 0 Å². The van der Waals surface area contributed by atoms with Crippen LogP contribution in [0.2, 0.25) is 0 Å². The van der Waals surface area contributed by atoms with Gasteiger partial charge in [0.15, 0.2) is 0 Å². The van der Waals surface area contributed by atoms with Crippen molar-refractivity contribution in [1.82, 2.24) is 0 Å². The zero-order chi connectivity index (χ0) is 25.3. The predicted molar refractivity (Wildman–Crippen MR) is 125 cm³/mol. The summed E-state index contributed by atoms with van der Waals surface area (Å²) >= 11 is 0. The Hall–Kier alpha value is -1.33. The van der Waals surface area contributed by atoms with Gasteiger partial charge in [-0.2, -0.15) is 0 Å². The van der Waals surface area contributed by atoms with Gasteiger partial charge in [-0.1, -0.05) is 38.2 Å². The minimum absolute atomic E-state index is 0.0637. The molecule has 0 radical (unpaired) electrons. The predicted octanol–water partition coefficient (Wildman–Crippen LogP) is 0.750. The van der Waals surface area contributed by atoms with E-state index in [1.165, 1.54) is 0 Å². The second-order valence-electron chi connectivity index (χ2n) is 11.0. The van der Waals surface area contributed by atoms with Gasteiger partial charge in [0.05, 0.1) is 42.7 Å². The van der Waals surface area contributed by atoms with Gasteiger partial charge in [-0.05, 0) is 43.9 Å². The van der Waals surface area contributed by atoms with E-state index in [0.29, 0.717) is 25.7 Å². The molecular weight excluding hydrogens is 456 g/mol. The topological polar surface area (TPSA) is 146 Å². The lowest BCUT2D eigenvalue weighted by atomic mass is 9.83. The highest BCUT2D eigenvalue weighted by Crippen LogP contribution is 2.38. The molecule has 9 nitrogen and oxygen atoms in total. The van der Waals surface area contributed by atoms with Crippen LogP contribution in [-0.4, -0.2) is 92.0 Å². The van der Waals surface area contributed by atoms with Crippen molar-refractivity contribution < 1.29 is 44.5 Å². The summed E-state index contributed by atoms with van der Waals surface area (Å²) < 4.78 is 17.4. The molecule has 3 fully saturated rings. The third-order valence-corrected chi connectivity index (χ3v) is 8.02. The lowest BCUT2D eigenvalue weighted by molar-refractivity contribution is -0.179. The van der Waals surface area contributed by atoms with Crippen LogP contribution in [0.15, 0.2) is 24.3 Å². The minimum atomic E-state index is -2.54. The van der Waals surface area contributed by atoms with Crippen molar-refractivity contribution in [3.63, 3.8) is 0 Å². The molecule has 198 valence electrons. The molecule has 0 aliphatic carbocycles. The van der Waals surface area contributed by atoms with E-state index in [-0.39, 0.29) is 43.3 Å². The van der Waals surface area contributed by atoms with E-state index in [4.69, 9.17) is 14.2 Å². The number of carbonyl (C=O) groups is 1. The fourth-order valence-corrected chi connectivity index (χ4v) is 5.93. The SMILES string of the molecule is C[C@@H]1C[C@H]2O[C@@H]1C/C=C\C=C\[C@H](C)C[C@@H]1C[C@H](O)C[C@H](C[C@@H](O)[C@@]3(O)C(=O)O[C@H](C[C@H]2O)[C@@H]3O)O1. The number of carbonyl (C=O) groups excluding carboxylic acids is 1. The Kier molecular flexibility index (Phi) is 8.37. The molecule has 4 aliphatic heterocycles. The highest BCUT2D eigenvalue weighted by Gasteiger charge is 2.61. The van der Waals surface area contributed by atoms with Gasteiger partial charge in [0.25, 0.3) is 0 Å². The third kappa shape index (κ3) is 5.82. The summed E-state index contributed by atoms with van der Waals surface area (Å²) in [5, 5.41) is 53.8. The second kappa shape index (κ2) is 11.0. The molecule has 4 heterocycles. The molecule has 3 saturated heterocycles. The standard InChI is InChI=1S/C26H40O9/c1-14-6-4-3-5-7-20-15(2)9-21(34-20)19(28)13-22-24(30)26(32,25(31)35-22)23(29)12-18-11-16(27)10-17(8-14)33-18/h3-6,14-24,27-30,32H,7-13H2,1-2H3/b5-3-,6-4+/t14-,15+,16-,17+,18+,19+,20+,21+,22+,23+,24-,26-/m0/s1. The van der Waals surface area contributed by atoms with Gasteiger partial charge < -0.3 is 39.7 Å². The van der Waals surface area contributed by atoms with Gasteiger partial charge in [-0.3, -0.25) is 0 Å². The summed E-state index contributed by atoms with van der Waals surface area (Å²) in [5.41, 5.74) is -2.54. The van der Waals surface area contributed by atoms with Crippen LogP contribution in [0, 0.1) is 11.8 Å². The van der Waals surface area contributed by atoms with Crippen molar-refractivity contribution in [2.45, 2.75) is 119 Å². The Morgan fingerprint density at radius 3 is 2.31 bits per heavy atom. The summed E-state index contributed by atoms with van der Waals surface area (Å²) in [7, 11) is 0. The lowest BCUT2D eigenvalue weighted by Crippen LogP contribution is -2.57. The maximum absolute atomic E-state index is 12.6. The van der Waals surface area contributed by atoms with Crippen molar-refractivity contribution in [2.75, 3.05) is 0 Å². The zero-order valence-corrected chi connectivity index (χ0v) is 20.5. The van der Waals surface area contributed by atoms with E-state index in [0.717, 1.165) is 0 Å². The molecule has 6 bridgehead atoms. The largest absolute Gasteiger partial charge is 0.457 e. The van der Waals surface area contributed by atoms with Crippen LogP contribution in [0.3, 0.4) is 0 Å². The smallest absolute Gasteiger partial charge is 0.344 e. The first-order valence-corrected chi connectivity index (χ1v) is 12.9. The van der Waals surface area contributed by atoms with Gasteiger partial charge in [-0.15, -0.1) is 0 Å². The van der Waals surface area contributed by atoms with Crippen molar-refractivity contribution >= 4 is 5.97 Å². The first-order chi connectivity index (χ1) is 16.6. The van der Waals surface area contributed by atoms with Gasteiger partial charge in [0.1, 0.15) is 12.2 Å². The molecule has 0 spiro atoms. The van der Waals surface area contributed by atoms with E-state index in [9.17, 15) is 30.3 Å². The maximum atomic E-state index is 12.6. The van der Waals surface area contributed by atoms with Crippen molar-refractivity contribution in [1.29, 1.82) is 0 Å². The van der Waals surface area contributed by atoms with E-state index in [2.05, 4.69) is 19.9 Å². The van der Waals surface area contributed by atoms with E-state index >= 15 is 0 Å². The number of rotatable bonds is 0. The number of aliphatic hydroxyl groups excluding tert-OH is 4. The number of hydrogen-bond donors (Lipinski definition) is 5. The molecule has 35 heavy (non-hydrogen) atoms. The van der Waals surface area contributed by atoms with Crippen LogP contribution in [0.5, 0.6) is 0 Å². The van der Waals surface area contributed by atoms with E-state index in [1.54, 1.807) is 0 Å². The first kappa shape index (κ1) is 26.7. The van der Waals surface area contributed by atoms with Gasteiger partial charge in [0, 0.05) is 12.8 Å². The van der Waals surface area contributed by atoms with E-state index in [1.807, 2.05) is 18.2 Å². The normalized spacial score (nSPS) is 51.4. The summed E-state index contributed by atoms with van der Waals surface area (Å²) in [5.74, 6) is -0.728. The number of allylic oxidation sites excluding steroid dienone is 3. The third-order valence-electron chi connectivity index (χ3n) is 8.02. The lowest BCUT2D eigenvalue weighted by Gasteiger charge is -2.37.